The molecule has 1 atom stereocenters. The van der Waals surface area contributed by atoms with Crippen LogP contribution < -0.4 is 0 Å². The minimum atomic E-state index is -5.08. The number of carbonyl (C=O) groups is 3. The summed E-state index contributed by atoms with van der Waals surface area (Å²) >= 11 is 1.79. The number of alkyl halides is 6. The van der Waals surface area contributed by atoms with E-state index >= 15 is 0 Å². The molecule has 10 nitrogen and oxygen atoms in total. The third kappa shape index (κ3) is 12.4. The summed E-state index contributed by atoms with van der Waals surface area (Å²) in [5, 5.41) is 16.4. The van der Waals surface area contributed by atoms with Crippen molar-refractivity contribution in [2.24, 2.45) is 0 Å². The van der Waals surface area contributed by atoms with Crippen molar-refractivity contribution in [1.82, 2.24) is 14.7 Å². The van der Waals surface area contributed by atoms with Crippen molar-refractivity contribution in [3.8, 4) is 0 Å². The SMILES string of the molecule is CN(C)C(=O)CN1CCOCC2(C1)CN(Cc1cccs1)CCO2.O=C(O)C(F)(F)F.O=C(O)C(F)(F)F. The second kappa shape index (κ2) is 14.6. The highest BCUT2D eigenvalue weighted by Gasteiger charge is 2.41. The fourth-order valence-corrected chi connectivity index (χ4v) is 4.06. The number of carboxylic acids is 2. The van der Waals surface area contributed by atoms with Crippen molar-refractivity contribution in [3.63, 3.8) is 0 Å². The Kier molecular flexibility index (Phi) is 12.9. The number of likely N-dealkylation sites (N-methyl/N-ethyl adjacent to an activating group) is 1. The summed E-state index contributed by atoms with van der Waals surface area (Å²) in [5.41, 5.74) is -0.335. The third-order valence-corrected chi connectivity index (χ3v) is 5.92. The molecule has 3 rings (SSSR count). The number of carbonyl (C=O) groups excluding carboxylic acids is 1. The molecular formula is C21H29F6N3O7S. The van der Waals surface area contributed by atoms with Crippen molar-refractivity contribution in [3.05, 3.63) is 22.4 Å². The Balaban J connectivity index is 0.000000426. The minimum Gasteiger partial charge on any atom is -0.475 e. The predicted molar refractivity (Wildman–Crippen MR) is 122 cm³/mol. The monoisotopic (exact) mass is 581 g/mol. The average molecular weight is 582 g/mol. The number of amides is 1. The molecule has 3 heterocycles. The average Bonchev–Trinajstić information content (AvgIpc) is 3.22. The van der Waals surface area contributed by atoms with Crippen LogP contribution in [0, 0.1) is 0 Å². The van der Waals surface area contributed by atoms with Crippen LogP contribution in [0.1, 0.15) is 4.88 Å². The lowest BCUT2D eigenvalue weighted by Gasteiger charge is -2.43. The van der Waals surface area contributed by atoms with Crippen molar-refractivity contribution in [2.75, 3.05) is 66.6 Å². The van der Waals surface area contributed by atoms with Gasteiger partial charge in [0.25, 0.3) is 0 Å². The van der Waals surface area contributed by atoms with E-state index in [4.69, 9.17) is 29.3 Å². The van der Waals surface area contributed by atoms with Crippen LogP contribution in [0.4, 0.5) is 26.3 Å². The number of hydrogen-bond donors (Lipinski definition) is 2. The Morgan fingerprint density at radius 1 is 1.00 bits per heavy atom. The number of rotatable bonds is 4. The summed E-state index contributed by atoms with van der Waals surface area (Å²) in [4.78, 5) is 37.5. The summed E-state index contributed by atoms with van der Waals surface area (Å²) in [6.07, 6.45) is -10.2. The first-order valence-corrected chi connectivity index (χ1v) is 11.8. The number of halogens is 6. The molecule has 2 aliphatic heterocycles. The van der Waals surface area contributed by atoms with Gasteiger partial charge in [0.05, 0.1) is 26.4 Å². The molecule has 38 heavy (non-hydrogen) atoms. The van der Waals surface area contributed by atoms with Gasteiger partial charge in [-0.1, -0.05) is 6.07 Å². The normalized spacial score (nSPS) is 20.8. The number of thiophene rings is 1. The van der Waals surface area contributed by atoms with Crippen molar-refractivity contribution in [1.29, 1.82) is 0 Å². The van der Waals surface area contributed by atoms with E-state index in [2.05, 4.69) is 27.3 Å². The molecule has 1 aromatic rings. The van der Waals surface area contributed by atoms with E-state index in [9.17, 15) is 31.1 Å². The maximum absolute atomic E-state index is 12.1. The smallest absolute Gasteiger partial charge is 0.475 e. The van der Waals surface area contributed by atoms with Gasteiger partial charge in [0.2, 0.25) is 5.91 Å². The Morgan fingerprint density at radius 3 is 2.00 bits per heavy atom. The van der Waals surface area contributed by atoms with Gasteiger partial charge in [0.1, 0.15) is 5.60 Å². The quantitative estimate of drug-likeness (QED) is 0.515. The molecule has 2 aliphatic rings. The highest BCUT2D eigenvalue weighted by atomic mass is 32.1. The zero-order valence-corrected chi connectivity index (χ0v) is 21.4. The van der Waals surface area contributed by atoms with Gasteiger partial charge in [-0.2, -0.15) is 26.3 Å². The lowest BCUT2D eigenvalue weighted by atomic mass is 10.0. The second-order valence-electron chi connectivity index (χ2n) is 8.48. The molecule has 0 bridgehead atoms. The molecule has 17 heteroatoms. The first kappa shape index (κ1) is 33.6. The molecule has 2 N–H and O–H groups in total. The molecule has 0 aromatic carbocycles. The maximum atomic E-state index is 12.1. The van der Waals surface area contributed by atoms with Crippen LogP contribution in [0.5, 0.6) is 0 Å². The number of ether oxygens (including phenoxy) is 2. The van der Waals surface area contributed by atoms with Crippen molar-refractivity contribution >= 4 is 29.2 Å². The molecule has 1 amide bonds. The molecule has 0 saturated carbocycles. The van der Waals surface area contributed by atoms with E-state index in [1.807, 2.05) is 0 Å². The number of aliphatic carboxylic acids is 2. The van der Waals surface area contributed by atoms with E-state index in [-0.39, 0.29) is 11.5 Å². The van der Waals surface area contributed by atoms with E-state index < -0.39 is 24.3 Å². The minimum absolute atomic E-state index is 0.123. The number of morpholine rings is 1. The van der Waals surface area contributed by atoms with Gasteiger partial charge >= 0.3 is 24.3 Å². The molecule has 1 aromatic heterocycles. The van der Waals surface area contributed by atoms with Crippen LogP contribution in [0.25, 0.3) is 0 Å². The zero-order chi connectivity index (χ0) is 29.1. The van der Waals surface area contributed by atoms with E-state index in [0.29, 0.717) is 26.4 Å². The standard InChI is InChI=1S/C17H27N3O3S.2C2HF3O2/c1-18(2)16(21)11-20-5-7-22-14-17(13-20)12-19(6-8-23-17)10-15-4-3-9-24-15;2*3-2(4,5)1(6)7/h3-4,9H,5-8,10-14H2,1-2H3;2*(H,6,7). The highest BCUT2D eigenvalue weighted by molar-refractivity contribution is 7.09. The van der Waals surface area contributed by atoms with Gasteiger partial charge in [-0.3, -0.25) is 14.6 Å². The first-order valence-electron chi connectivity index (χ1n) is 10.9. The fourth-order valence-electron chi connectivity index (χ4n) is 3.32. The van der Waals surface area contributed by atoms with Gasteiger partial charge in [0, 0.05) is 51.7 Å². The van der Waals surface area contributed by atoms with E-state index in [1.165, 1.54) is 4.88 Å². The largest absolute Gasteiger partial charge is 0.490 e. The van der Waals surface area contributed by atoms with Gasteiger partial charge in [-0.05, 0) is 11.4 Å². The molecule has 0 radical (unpaired) electrons. The predicted octanol–water partition coefficient (Wildman–Crippen LogP) is 2.01. The van der Waals surface area contributed by atoms with Crippen LogP contribution in [-0.4, -0.2) is 127 Å². The highest BCUT2D eigenvalue weighted by Crippen LogP contribution is 2.24. The molecular weight excluding hydrogens is 552 g/mol. The first-order chi connectivity index (χ1) is 17.4. The van der Waals surface area contributed by atoms with Gasteiger partial charge in [-0.15, -0.1) is 11.3 Å². The summed E-state index contributed by atoms with van der Waals surface area (Å²) in [6.45, 7) is 6.64. The van der Waals surface area contributed by atoms with Crippen molar-refractivity contribution in [2.45, 2.75) is 24.5 Å². The van der Waals surface area contributed by atoms with Gasteiger partial charge in [-0.25, -0.2) is 9.59 Å². The molecule has 218 valence electrons. The third-order valence-electron chi connectivity index (χ3n) is 5.06. The van der Waals surface area contributed by atoms with Gasteiger partial charge in [0.15, 0.2) is 0 Å². The van der Waals surface area contributed by atoms with Crippen LogP contribution in [-0.2, 0) is 30.4 Å². The van der Waals surface area contributed by atoms with Crippen LogP contribution in [0.2, 0.25) is 0 Å². The van der Waals surface area contributed by atoms with Crippen LogP contribution in [0.15, 0.2) is 17.5 Å². The lowest BCUT2D eigenvalue weighted by Crippen LogP contribution is -2.59. The summed E-state index contributed by atoms with van der Waals surface area (Å²) in [5.74, 6) is -5.39. The van der Waals surface area contributed by atoms with Crippen LogP contribution in [0.3, 0.4) is 0 Å². The Bertz CT molecular complexity index is 875. The lowest BCUT2D eigenvalue weighted by molar-refractivity contribution is -0.193. The number of nitrogens with zero attached hydrogens (tertiary/aromatic N) is 3. The summed E-state index contributed by atoms with van der Waals surface area (Å²) in [6, 6.07) is 4.28. The molecule has 1 unspecified atom stereocenters. The zero-order valence-electron chi connectivity index (χ0n) is 20.5. The summed E-state index contributed by atoms with van der Waals surface area (Å²) < 4.78 is 75.5. The molecule has 2 saturated heterocycles. The topological polar surface area (TPSA) is 120 Å². The molecule has 0 aliphatic carbocycles. The second-order valence-corrected chi connectivity index (χ2v) is 9.51. The fraction of sp³-hybridized carbons (Fsp3) is 0.667. The Hall–Kier alpha value is -2.47. The van der Waals surface area contributed by atoms with E-state index in [1.54, 1.807) is 30.3 Å². The maximum Gasteiger partial charge on any atom is 0.490 e. The Morgan fingerprint density at radius 2 is 1.53 bits per heavy atom. The van der Waals surface area contributed by atoms with Gasteiger partial charge < -0.3 is 24.6 Å². The number of hydrogen-bond acceptors (Lipinski definition) is 8. The van der Waals surface area contributed by atoms with E-state index in [0.717, 1.165) is 32.7 Å². The number of carboxylic acid groups (broad SMARTS) is 2. The Labute approximate surface area is 218 Å². The molecule has 2 fully saturated rings. The van der Waals surface area contributed by atoms with Crippen molar-refractivity contribution < 1.29 is 60.4 Å². The van der Waals surface area contributed by atoms with Crippen LogP contribution >= 0.6 is 11.3 Å². The molecule has 1 spiro atoms. The summed E-state index contributed by atoms with van der Waals surface area (Å²) in [7, 11) is 3.60.